The number of halogens is 2. The minimum absolute atomic E-state index is 0.104. The number of benzene rings is 2. The van der Waals surface area contributed by atoms with Crippen LogP contribution in [0.2, 0.25) is 0 Å². The molecule has 5 nitrogen and oxygen atoms in total. The van der Waals surface area contributed by atoms with Crippen molar-refractivity contribution in [3.05, 3.63) is 75.7 Å². The average molecular weight is 450 g/mol. The van der Waals surface area contributed by atoms with Gasteiger partial charge in [-0.2, -0.15) is 0 Å². The van der Waals surface area contributed by atoms with Crippen LogP contribution in [0.15, 0.2) is 58.7 Å². The monoisotopic (exact) mass is 449 g/mol. The SMILES string of the molecule is CCOC(=O)/C(=C\N(C)Cc1ccc(OC)cc1)C(=O)c1cc(Br)ccc1F. The number of carbonyl (C=O) groups excluding carboxylic acids is 2. The standard InChI is InChI=1S/C21H21BrFNO4/c1-4-28-21(26)18(20(25)17-11-15(22)7-10-19(17)23)13-24(2)12-14-5-8-16(27-3)9-6-14/h5-11,13H,4,12H2,1-3H3/b18-13-. The summed E-state index contributed by atoms with van der Waals surface area (Å²) in [7, 11) is 3.30. The Morgan fingerprint density at radius 3 is 2.46 bits per heavy atom. The molecule has 0 aromatic heterocycles. The lowest BCUT2D eigenvalue weighted by atomic mass is 10.0. The highest BCUT2D eigenvalue weighted by Crippen LogP contribution is 2.20. The second kappa shape index (κ2) is 10.0. The van der Waals surface area contributed by atoms with E-state index in [1.165, 1.54) is 24.4 Å². The van der Waals surface area contributed by atoms with E-state index in [4.69, 9.17) is 9.47 Å². The fourth-order valence-electron chi connectivity index (χ4n) is 2.51. The van der Waals surface area contributed by atoms with Gasteiger partial charge >= 0.3 is 5.97 Å². The molecule has 0 heterocycles. The predicted molar refractivity (Wildman–Crippen MR) is 108 cm³/mol. The third-order valence-electron chi connectivity index (χ3n) is 3.85. The Morgan fingerprint density at radius 2 is 1.86 bits per heavy atom. The van der Waals surface area contributed by atoms with E-state index in [0.29, 0.717) is 11.0 Å². The highest BCUT2D eigenvalue weighted by molar-refractivity contribution is 9.10. The van der Waals surface area contributed by atoms with Crippen LogP contribution < -0.4 is 4.74 Å². The van der Waals surface area contributed by atoms with E-state index in [1.807, 2.05) is 24.3 Å². The molecule has 0 fully saturated rings. The summed E-state index contributed by atoms with van der Waals surface area (Å²) in [6.07, 6.45) is 1.38. The summed E-state index contributed by atoms with van der Waals surface area (Å²) in [6.45, 7) is 2.18. The van der Waals surface area contributed by atoms with Gasteiger partial charge in [-0.1, -0.05) is 28.1 Å². The van der Waals surface area contributed by atoms with Gasteiger partial charge < -0.3 is 14.4 Å². The minimum Gasteiger partial charge on any atom is -0.497 e. The summed E-state index contributed by atoms with van der Waals surface area (Å²) in [5.74, 6) is -1.51. The van der Waals surface area contributed by atoms with Crippen molar-refractivity contribution in [2.45, 2.75) is 13.5 Å². The van der Waals surface area contributed by atoms with E-state index in [0.717, 1.165) is 11.3 Å². The number of methoxy groups -OCH3 is 1. The molecular formula is C21H21BrFNO4. The summed E-state index contributed by atoms with van der Waals surface area (Å²) in [6, 6.07) is 11.4. The Kier molecular flexibility index (Phi) is 7.75. The van der Waals surface area contributed by atoms with Crippen LogP contribution in [0.25, 0.3) is 0 Å². The molecule has 0 N–H and O–H groups in total. The van der Waals surface area contributed by atoms with E-state index in [9.17, 15) is 14.0 Å². The number of hydrogen-bond acceptors (Lipinski definition) is 5. The first-order chi connectivity index (χ1) is 13.3. The molecule has 7 heteroatoms. The fraction of sp³-hybridized carbons (Fsp3) is 0.238. The number of esters is 1. The average Bonchev–Trinajstić information content (AvgIpc) is 2.68. The topological polar surface area (TPSA) is 55.8 Å². The van der Waals surface area contributed by atoms with Gasteiger partial charge in [-0.25, -0.2) is 9.18 Å². The molecular weight excluding hydrogens is 429 g/mol. The zero-order valence-electron chi connectivity index (χ0n) is 15.9. The molecule has 0 spiro atoms. The third-order valence-corrected chi connectivity index (χ3v) is 4.35. The van der Waals surface area contributed by atoms with Crippen LogP contribution in [0, 0.1) is 5.82 Å². The highest BCUT2D eigenvalue weighted by Gasteiger charge is 2.24. The van der Waals surface area contributed by atoms with Crippen LogP contribution in [0.3, 0.4) is 0 Å². The quantitative estimate of drug-likeness (QED) is 0.197. The lowest BCUT2D eigenvalue weighted by molar-refractivity contribution is -0.138. The van der Waals surface area contributed by atoms with Crippen molar-refractivity contribution < 1.29 is 23.5 Å². The first-order valence-corrected chi connectivity index (χ1v) is 9.36. The number of Topliss-reactive ketones (excluding diaryl/α,β-unsaturated/α-hetero) is 1. The van der Waals surface area contributed by atoms with Crippen LogP contribution >= 0.6 is 15.9 Å². The first-order valence-electron chi connectivity index (χ1n) is 8.57. The van der Waals surface area contributed by atoms with Crippen molar-refractivity contribution in [3.8, 4) is 5.75 Å². The minimum atomic E-state index is -0.798. The molecule has 2 aromatic rings. The molecule has 0 amide bonds. The maximum atomic E-state index is 14.1. The molecule has 0 atom stereocenters. The van der Waals surface area contributed by atoms with Gasteiger partial charge in [0.05, 0.1) is 19.3 Å². The Hall–Kier alpha value is -2.67. The summed E-state index contributed by atoms with van der Waals surface area (Å²) in [5, 5.41) is 0. The van der Waals surface area contributed by atoms with Gasteiger partial charge in [0, 0.05) is 24.3 Å². The van der Waals surface area contributed by atoms with Gasteiger partial charge in [-0.05, 0) is 42.8 Å². The van der Waals surface area contributed by atoms with Crippen molar-refractivity contribution in [2.75, 3.05) is 20.8 Å². The van der Waals surface area contributed by atoms with Crippen LogP contribution in [-0.2, 0) is 16.1 Å². The number of hydrogen-bond donors (Lipinski definition) is 0. The highest BCUT2D eigenvalue weighted by atomic mass is 79.9. The Labute approximate surface area is 171 Å². The van der Waals surface area contributed by atoms with E-state index in [-0.39, 0.29) is 17.7 Å². The normalized spacial score (nSPS) is 11.1. The molecule has 0 saturated carbocycles. The Morgan fingerprint density at radius 1 is 1.18 bits per heavy atom. The van der Waals surface area contributed by atoms with Crippen molar-refractivity contribution in [1.82, 2.24) is 4.90 Å². The second-order valence-corrected chi connectivity index (χ2v) is 6.90. The lowest BCUT2D eigenvalue weighted by Crippen LogP contribution is -2.21. The molecule has 2 aromatic carbocycles. The Bertz CT molecular complexity index is 880. The number of rotatable bonds is 8. The molecule has 0 aliphatic rings. The van der Waals surface area contributed by atoms with Crippen molar-refractivity contribution in [2.24, 2.45) is 0 Å². The molecule has 0 aliphatic carbocycles. The fourth-order valence-corrected chi connectivity index (χ4v) is 2.88. The summed E-state index contributed by atoms with van der Waals surface area (Å²) in [5.41, 5.74) is 0.505. The molecule has 0 aliphatic heterocycles. The first kappa shape index (κ1) is 21.6. The zero-order valence-corrected chi connectivity index (χ0v) is 17.5. The van der Waals surface area contributed by atoms with Gasteiger partial charge in [0.25, 0.3) is 0 Å². The van der Waals surface area contributed by atoms with Crippen molar-refractivity contribution in [1.29, 1.82) is 0 Å². The van der Waals surface area contributed by atoms with Gasteiger partial charge in [-0.15, -0.1) is 0 Å². The van der Waals surface area contributed by atoms with Gasteiger partial charge in [0.2, 0.25) is 5.78 Å². The number of carbonyl (C=O) groups is 2. The largest absolute Gasteiger partial charge is 0.497 e. The van der Waals surface area contributed by atoms with E-state index in [2.05, 4.69) is 15.9 Å². The Balaban J connectivity index is 2.31. The molecule has 148 valence electrons. The summed E-state index contributed by atoms with van der Waals surface area (Å²) >= 11 is 3.21. The predicted octanol–water partition coefficient (Wildman–Crippen LogP) is 4.36. The van der Waals surface area contributed by atoms with Crippen LogP contribution in [-0.4, -0.2) is 37.4 Å². The van der Waals surface area contributed by atoms with Gasteiger partial charge in [-0.3, -0.25) is 4.79 Å². The maximum Gasteiger partial charge on any atom is 0.343 e. The molecule has 0 bridgehead atoms. The molecule has 28 heavy (non-hydrogen) atoms. The molecule has 2 rings (SSSR count). The summed E-state index contributed by atoms with van der Waals surface area (Å²) < 4.78 is 24.8. The van der Waals surface area contributed by atoms with Crippen LogP contribution in [0.5, 0.6) is 5.75 Å². The lowest BCUT2D eigenvalue weighted by Gasteiger charge is -2.17. The number of ether oxygens (including phenoxy) is 2. The van der Waals surface area contributed by atoms with E-state index >= 15 is 0 Å². The third kappa shape index (κ3) is 5.66. The second-order valence-electron chi connectivity index (χ2n) is 5.98. The van der Waals surface area contributed by atoms with Crippen LogP contribution in [0.4, 0.5) is 4.39 Å². The van der Waals surface area contributed by atoms with Crippen molar-refractivity contribution >= 4 is 27.7 Å². The number of nitrogens with zero attached hydrogens (tertiary/aromatic N) is 1. The maximum absolute atomic E-state index is 14.1. The molecule has 0 radical (unpaired) electrons. The molecule has 0 saturated heterocycles. The van der Waals surface area contributed by atoms with Gasteiger partial charge in [0.1, 0.15) is 17.1 Å². The molecule has 0 unspecified atom stereocenters. The van der Waals surface area contributed by atoms with Crippen molar-refractivity contribution in [3.63, 3.8) is 0 Å². The van der Waals surface area contributed by atoms with E-state index in [1.54, 1.807) is 26.0 Å². The smallest absolute Gasteiger partial charge is 0.343 e. The number of ketones is 1. The summed E-state index contributed by atoms with van der Waals surface area (Å²) in [4.78, 5) is 26.8. The van der Waals surface area contributed by atoms with Crippen LogP contribution in [0.1, 0.15) is 22.8 Å². The van der Waals surface area contributed by atoms with Gasteiger partial charge in [0.15, 0.2) is 0 Å². The zero-order chi connectivity index (χ0) is 20.7. The van der Waals surface area contributed by atoms with E-state index < -0.39 is 17.6 Å².